The third kappa shape index (κ3) is 6.57. The Morgan fingerprint density at radius 3 is 2.67 bits per heavy atom. The van der Waals surface area contributed by atoms with Crippen LogP contribution in [0.2, 0.25) is 0 Å². The van der Waals surface area contributed by atoms with Crippen molar-refractivity contribution < 1.29 is 5.11 Å². The number of rotatable bonds is 5. The molecule has 70 valence electrons. The van der Waals surface area contributed by atoms with Crippen molar-refractivity contribution in [2.45, 2.75) is 45.0 Å². The third-order valence-corrected chi connectivity index (χ3v) is 3.14. The average Bonchev–Trinajstić information content (AvgIpc) is 2.10. The molecular weight excluding hydrogens is 168 g/mol. The van der Waals surface area contributed by atoms with Gasteiger partial charge < -0.3 is 5.11 Å². The van der Waals surface area contributed by atoms with E-state index in [1.807, 2.05) is 11.8 Å². The summed E-state index contributed by atoms with van der Waals surface area (Å²) in [4.78, 5) is 0. The van der Waals surface area contributed by atoms with Crippen molar-refractivity contribution >= 4 is 11.8 Å². The Hall–Kier alpha value is -0.130. The first kappa shape index (κ1) is 11.9. The van der Waals surface area contributed by atoms with E-state index in [4.69, 9.17) is 0 Å². The first-order valence-electron chi connectivity index (χ1n) is 4.40. The normalized spacial score (nSPS) is 14.7. The smallest absolute Gasteiger partial charge is 0.0739 e. The summed E-state index contributed by atoms with van der Waals surface area (Å²) in [5, 5.41) is 10.0. The van der Waals surface area contributed by atoms with E-state index < -0.39 is 0 Å². The van der Waals surface area contributed by atoms with Crippen molar-refractivity contribution in [3.05, 3.63) is 0 Å². The maximum Gasteiger partial charge on any atom is 0.0739 e. The maximum absolute atomic E-state index is 9.40. The van der Waals surface area contributed by atoms with Gasteiger partial charge in [0, 0.05) is 17.4 Å². The van der Waals surface area contributed by atoms with Crippen molar-refractivity contribution in [2.24, 2.45) is 0 Å². The highest BCUT2D eigenvalue weighted by Crippen LogP contribution is 2.15. The Morgan fingerprint density at radius 2 is 2.17 bits per heavy atom. The highest BCUT2D eigenvalue weighted by atomic mass is 32.2. The fourth-order valence-electron chi connectivity index (χ4n) is 0.672. The molecule has 2 unspecified atom stereocenters. The van der Waals surface area contributed by atoms with E-state index in [-0.39, 0.29) is 6.10 Å². The molecule has 0 aromatic rings. The molecule has 0 fully saturated rings. The van der Waals surface area contributed by atoms with Gasteiger partial charge in [0.05, 0.1) is 6.10 Å². The van der Waals surface area contributed by atoms with Crippen molar-refractivity contribution in [1.29, 1.82) is 0 Å². The SMILES string of the molecule is CC#CCC(O)CSC(C)CC. The van der Waals surface area contributed by atoms with Gasteiger partial charge in [0.25, 0.3) is 0 Å². The molecule has 0 saturated heterocycles. The molecule has 0 rings (SSSR count). The molecule has 2 atom stereocenters. The molecule has 0 aliphatic carbocycles. The quantitative estimate of drug-likeness (QED) is 0.665. The summed E-state index contributed by atoms with van der Waals surface area (Å²) >= 11 is 1.82. The zero-order valence-electron chi connectivity index (χ0n) is 8.13. The van der Waals surface area contributed by atoms with Gasteiger partial charge in [0.15, 0.2) is 0 Å². The van der Waals surface area contributed by atoms with Crippen LogP contribution < -0.4 is 0 Å². The first-order valence-corrected chi connectivity index (χ1v) is 5.44. The van der Waals surface area contributed by atoms with Crippen molar-refractivity contribution in [3.63, 3.8) is 0 Å². The lowest BCUT2D eigenvalue weighted by Gasteiger charge is -2.10. The van der Waals surface area contributed by atoms with Crippen LogP contribution in [0.25, 0.3) is 0 Å². The lowest BCUT2D eigenvalue weighted by atomic mass is 10.3. The zero-order chi connectivity index (χ0) is 9.40. The van der Waals surface area contributed by atoms with Crippen LogP contribution in [0.4, 0.5) is 0 Å². The molecule has 0 spiro atoms. The van der Waals surface area contributed by atoms with E-state index in [9.17, 15) is 5.11 Å². The number of aliphatic hydroxyl groups excluding tert-OH is 1. The molecule has 0 bridgehead atoms. The molecule has 0 aliphatic heterocycles. The van der Waals surface area contributed by atoms with E-state index in [0.29, 0.717) is 11.7 Å². The van der Waals surface area contributed by atoms with Crippen LogP contribution in [-0.4, -0.2) is 22.2 Å². The lowest BCUT2D eigenvalue weighted by Crippen LogP contribution is -2.11. The molecule has 0 aromatic heterocycles. The summed E-state index contributed by atoms with van der Waals surface area (Å²) in [6, 6.07) is 0. The summed E-state index contributed by atoms with van der Waals surface area (Å²) in [6.07, 6.45) is 1.52. The van der Waals surface area contributed by atoms with Crippen molar-refractivity contribution in [3.8, 4) is 11.8 Å². The predicted octanol–water partition coefficient (Wildman–Crippen LogP) is 2.29. The van der Waals surface area contributed by atoms with Crippen molar-refractivity contribution in [1.82, 2.24) is 0 Å². The minimum absolute atomic E-state index is 0.253. The predicted molar refractivity (Wildman–Crippen MR) is 56.3 cm³/mol. The molecular formula is C10H18OS. The molecule has 0 saturated carbocycles. The largest absolute Gasteiger partial charge is 0.391 e. The fraction of sp³-hybridized carbons (Fsp3) is 0.800. The van der Waals surface area contributed by atoms with Crippen LogP contribution in [0.15, 0.2) is 0 Å². The molecule has 2 heteroatoms. The van der Waals surface area contributed by atoms with E-state index in [2.05, 4.69) is 25.7 Å². The topological polar surface area (TPSA) is 20.2 Å². The molecule has 1 N–H and O–H groups in total. The second-order valence-corrected chi connectivity index (χ2v) is 4.31. The number of aliphatic hydroxyl groups is 1. The zero-order valence-corrected chi connectivity index (χ0v) is 8.95. The third-order valence-electron chi connectivity index (χ3n) is 1.66. The summed E-state index contributed by atoms with van der Waals surface area (Å²) in [7, 11) is 0. The molecule has 0 heterocycles. The van der Waals surface area contributed by atoms with Crippen LogP contribution in [0.3, 0.4) is 0 Å². The van der Waals surface area contributed by atoms with Crippen molar-refractivity contribution in [2.75, 3.05) is 5.75 Å². The molecule has 0 aromatic carbocycles. The van der Waals surface area contributed by atoms with Gasteiger partial charge in [-0.15, -0.1) is 11.8 Å². The minimum Gasteiger partial charge on any atom is -0.391 e. The molecule has 0 radical (unpaired) electrons. The highest BCUT2D eigenvalue weighted by Gasteiger charge is 2.05. The Labute approximate surface area is 79.9 Å². The molecule has 1 nitrogen and oxygen atoms in total. The summed E-state index contributed by atoms with van der Waals surface area (Å²) in [5.74, 6) is 6.47. The second-order valence-electron chi connectivity index (χ2n) is 2.84. The van der Waals surface area contributed by atoms with Crippen LogP contribution in [0.5, 0.6) is 0 Å². The summed E-state index contributed by atoms with van der Waals surface area (Å²) in [6.45, 7) is 6.15. The van der Waals surface area contributed by atoms with Crippen LogP contribution in [0, 0.1) is 11.8 Å². The monoisotopic (exact) mass is 186 g/mol. The minimum atomic E-state index is -0.253. The van der Waals surface area contributed by atoms with Gasteiger partial charge in [0.1, 0.15) is 0 Å². The second kappa shape index (κ2) is 7.52. The standard InChI is InChI=1S/C10H18OS/c1-4-6-7-10(11)8-12-9(3)5-2/h9-11H,5,7-8H2,1-3H3. The van der Waals surface area contributed by atoms with Gasteiger partial charge >= 0.3 is 0 Å². The Balaban J connectivity index is 3.40. The Bertz CT molecular complexity index is 157. The Kier molecular flexibility index (Phi) is 7.43. The molecule has 12 heavy (non-hydrogen) atoms. The van der Waals surface area contributed by atoms with Crippen LogP contribution >= 0.6 is 11.8 Å². The van der Waals surface area contributed by atoms with Gasteiger partial charge in [-0.3, -0.25) is 0 Å². The average molecular weight is 186 g/mol. The van der Waals surface area contributed by atoms with Gasteiger partial charge in [-0.05, 0) is 13.3 Å². The summed E-state index contributed by atoms with van der Waals surface area (Å²) in [5.41, 5.74) is 0. The molecule has 0 aliphatic rings. The Morgan fingerprint density at radius 1 is 1.50 bits per heavy atom. The van der Waals surface area contributed by atoms with E-state index in [0.717, 1.165) is 12.2 Å². The lowest BCUT2D eigenvalue weighted by molar-refractivity contribution is 0.205. The fourth-order valence-corrected chi connectivity index (χ4v) is 1.58. The number of hydrogen-bond donors (Lipinski definition) is 1. The number of hydrogen-bond acceptors (Lipinski definition) is 2. The maximum atomic E-state index is 9.40. The highest BCUT2D eigenvalue weighted by molar-refractivity contribution is 7.99. The van der Waals surface area contributed by atoms with Gasteiger partial charge in [0.2, 0.25) is 0 Å². The van der Waals surface area contributed by atoms with Crippen LogP contribution in [-0.2, 0) is 0 Å². The van der Waals surface area contributed by atoms with Gasteiger partial charge in [-0.1, -0.05) is 13.8 Å². The van der Waals surface area contributed by atoms with Gasteiger partial charge in [-0.25, -0.2) is 0 Å². The van der Waals surface area contributed by atoms with E-state index in [1.54, 1.807) is 6.92 Å². The van der Waals surface area contributed by atoms with E-state index in [1.165, 1.54) is 0 Å². The molecule has 0 amide bonds. The first-order chi connectivity index (χ1) is 5.70. The van der Waals surface area contributed by atoms with Crippen LogP contribution in [0.1, 0.15) is 33.6 Å². The summed E-state index contributed by atoms with van der Waals surface area (Å²) < 4.78 is 0. The number of thioether (sulfide) groups is 1. The van der Waals surface area contributed by atoms with E-state index >= 15 is 0 Å². The van der Waals surface area contributed by atoms with Gasteiger partial charge in [-0.2, -0.15) is 11.8 Å².